The van der Waals surface area contributed by atoms with Gasteiger partial charge in [-0.15, -0.1) is 0 Å². The van der Waals surface area contributed by atoms with Crippen LogP contribution < -0.4 is 10.2 Å². The number of benzene rings is 2. The molecule has 0 unspecified atom stereocenters. The van der Waals surface area contributed by atoms with E-state index >= 15 is 0 Å². The van der Waals surface area contributed by atoms with Gasteiger partial charge in [-0.3, -0.25) is 5.32 Å². The maximum absolute atomic E-state index is 13.1. The Kier molecular flexibility index (Phi) is 6.11. The Morgan fingerprint density at radius 2 is 1.82 bits per heavy atom. The maximum Gasteiger partial charge on any atom is 0.416 e. The van der Waals surface area contributed by atoms with Crippen molar-refractivity contribution < 1.29 is 22.7 Å². The van der Waals surface area contributed by atoms with Gasteiger partial charge in [0.2, 0.25) is 0 Å². The van der Waals surface area contributed by atoms with E-state index in [1.165, 1.54) is 6.07 Å². The molecule has 3 rings (SSSR count). The lowest BCUT2D eigenvalue weighted by Gasteiger charge is -2.33. The molecular weight excluding hydrogens is 369 g/mol. The van der Waals surface area contributed by atoms with Crippen molar-refractivity contribution in [1.82, 2.24) is 0 Å². The Labute approximate surface area is 162 Å². The SMILES string of the molecule is CC1CCN(c2ccc(C(F)(F)F)cc2NC(=O)OCc2ccccc2)CC1. The number of carbonyl (C=O) groups excluding carboxylic acids is 1. The molecule has 0 aliphatic carbocycles. The molecule has 1 aliphatic rings. The summed E-state index contributed by atoms with van der Waals surface area (Å²) in [5, 5.41) is 2.50. The lowest BCUT2D eigenvalue weighted by atomic mass is 9.98. The normalized spacial score (nSPS) is 15.4. The molecule has 1 saturated heterocycles. The first-order valence-corrected chi connectivity index (χ1v) is 9.27. The van der Waals surface area contributed by atoms with Crippen LogP contribution in [0.5, 0.6) is 0 Å². The number of hydrogen-bond donors (Lipinski definition) is 1. The van der Waals surface area contributed by atoms with Crippen molar-refractivity contribution in [3.8, 4) is 0 Å². The van der Waals surface area contributed by atoms with Crippen molar-refractivity contribution in [1.29, 1.82) is 0 Å². The van der Waals surface area contributed by atoms with Gasteiger partial charge in [0.25, 0.3) is 0 Å². The lowest BCUT2D eigenvalue weighted by molar-refractivity contribution is -0.137. The second-order valence-corrected chi connectivity index (χ2v) is 7.09. The summed E-state index contributed by atoms with van der Waals surface area (Å²) in [6.45, 7) is 3.67. The van der Waals surface area contributed by atoms with Crippen LogP contribution in [0.25, 0.3) is 0 Å². The van der Waals surface area contributed by atoms with Crippen LogP contribution in [-0.4, -0.2) is 19.2 Å². The Balaban J connectivity index is 1.76. The molecule has 1 aliphatic heterocycles. The molecule has 4 nitrogen and oxygen atoms in total. The minimum atomic E-state index is -4.49. The second-order valence-electron chi connectivity index (χ2n) is 7.09. The number of piperidine rings is 1. The maximum atomic E-state index is 13.1. The van der Waals surface area contributed by atoms with E-state index in [0.29, 0.717) is 11.6 Å². The molecule has 150 valence electrons. The summed E-state index contributed by atoms with van der Waals surface area (Å²) in [6, 6.07) is 12.5. The molecule has 28 heavy (non-hydrogen) atoms. The summed E-state index contributed by atoms with van der Waals surface area (Å²) in [5.74, 6) is 0.581. The highest BCUT2D eigenvalue weighted by Gasteiger charge is 2.32. The Hall–Kier alpha value is -2.70. The predicted octanol–water partition coefficient (Wildman–Crippen LogP) is 5.69. The number of amides is 1. The van der Waals surface area contributed by atoms with Crippen molar-refractivity contribution in [3.63, 3.8) is 0 Å². The number of hydrogen-bond acceptors (Lipinski definition) is 3. The predicted molar refractivity (Wildman–Crippen MR) is 102 cm³/mol. The van der Waals surface area contributed by atoms with Crippen LogP contribution in [-0.2, 0) is 17.5 Å². The monoisotopic (exact) mass is 392 g/mol. The van der Waals surface area contributed by atoms with Gasteiger partial charge in [0.15, 0.2) is 0 Å². The Morgan fingerprint density at radius 3 is 2.46 bits per heavy atom. The average Bonchev–Trinajstić information content (AvgIpc) is 2.67. The van der Waals surface area contributed by atoms with Crippen molar-refractivity contribution in [3.05, 3.63) is 59.7 Å². The van der Waals surface area contributed by atoms with E-state index in [9.17, 15) is 18.0 Å². The minimum absolute atomic E-state index is 0.0438. The Morgan fingerprint density at radius 1 is 1.14 bits per heavy atom. The van der Waals surface area contributed by atoms with Gasteiger partial charge in [0.1, 0.15) is 6.61 Å². The van der Waals surface area contributed by atoms with Crippen molar-refractivity contribution >= 4 is 17.5 Å². The van der Waals surface area contributed by atoms with E-state index in [2.05, 4.69) is 12.2 Å². The summed E-state index contributed by atoms with van der Waals surface area (Å²) in [5.41, 5.74) is 0.686. The molecule has 7 heteroatoms. The molecule has 0 aromatic heterocycles. The second kappa shape index (κ2) is 8.54. The number of rotatable bonds is 4. The van der Waals surface area contributed by atoms with E-state index in [1.54, 1.807) is 12.1 Å². The third-order valence-corrected chi connectivity index (χ3v) is 4.90. The summed E-state index contributed by atoms with van der Waals surface area (Å²) >= 11 is 0. The number of nitrogens with one attached hydrogen (secondary N) is 1. The molecule has 1 N–H and O–H groups in total. The van der Waals surface area contributed by atoms with Gasteiger partial charge in [-0.1, -0.05) is 37.3 Å². The largest absolute Gasteiger partial charge is 0.444 e. The van der Waals surface area contributed by atoms with E-state index < -0.39 is 17.8 Å². The number of anilines is 2. The van der Waals surface area contributed by atoms with Gasteiger partial charge >= 0.3 is 12.3 Å². The van der Waals surface area contributed by atoms with E-state index in [1.807, 2.05) is 23.1 Å². The fourth-order valence-electron chi connectivity index (χ4n) is 3.21. The molecular formula is C21H23F3N2O2. The van der Waals surface area contributed by atoms with E-state index in [4.69, 9.17) is 4.74 Å². The van der Waals surface area contributed by atoms with Crippen LogP contribution in [0, 0.1) is 5.92 Å². The van der Waals surface area contributed by atoms with E-state index in [0.717, 1.165) is 43.6 Å². The van der Waals surface area contributed by atoms with Crippen LogP contribution in [0.4, 0.5) is 29.3 Å². The topological polar surface area (TPSA) is 41.6 Å². The first-order valence-electron chi connectivity index (χ1n) is 9.27. The molecule has 1 fully saturated rings. The molecule has 2 aromatic carbocycles. The first-order chi connectivity index (χ1) is 13.3. The third-order valence-electron chi connectivity index (χ3n) is 4.90. The molecule has 0 bridgehead atoms. The molecule has 0 atom stereocenters. The van der Waals surface area contributed by atoms with Gasteiger partial charge < -0.3 is 9.64 Å². The van der Waals surface area contributed by atoms with Gasteiger partial charge in [-0.2, -0.15) is 13.2 Å². The van der Waals surface area contributed by atoms with Gasteiger partial charge in [0.05, 0.1) is 16.9 Å². The number of carbonyl (C=O) groups is 1. The van der Waals surface area contributed by atoms with Gasteiger partial charge in [0, 0.05) is 13.1 Å². The summed E-state index contributed by atoms with van der Waals surface area (Å²) < 4.78 is 44.6. The summed E-state index contributed by atoms with van der Waals surface area (Å²) in [4.78, 5) is 14.2. The minimum Gasteiger partial charge on any atom is -0.444 e. The van der Waals surface area contributed by atoms with Crippen LogP contribution in [0.2, 0.25) is 0 Å². The van der Waals surface area contributed by atoms with E-state index in [-0.39, 0.29) is 12.3 Å². The average molecular weight is 392 g/mol. The van der Waals surface area contributed by atoms with Crippen LogP contribution >= 0.6 is 0 Å². The third kappa shape index (κ3) is 5.18. The molecule has 0 spiro atoms. The standard InChI is InChI=1S/C21H23F3N2O2/c1-15-9-11-26(12-10-15)19-8-7-17(21(22,23)24)13-18(19)25-20(27)28-14-16-5-3-2-4-6-16/h2-8,13,15H,9-12,14H2,1H3,(H,25,27). The van der Waals surface area contributed by atoms with Crippen molar-refractivity contribution in [2.24, 2.45) is 5.92 Å². The molecule has 1 heterocycles. The zero-order valence-electron chi connectivity index (χ0n) is 15.6. The molecule has 0 saturated carbocycles. The first kappa shape index (κ1) is 20.0. The Bertz CT molecular complexity index is 801. The van der Waals surface area contributed by atoms with Crippen LogP contribution in [0.15, 0.2) is 48.5 Å². The quantitative estimate of drug-likeness (QED) is 0.727. The van der Waals surface area contributed by atoms with Crippen molar-refractivity contribution in [2.45, 2.75) is 32.5 Å². The number of alkyl halides is 3. The molecule has 1 amide bonds. The highest BCUT2D eigenvalue weighted by atomic mass is 19.4. The number of ether oxygens (including phenoxy) is 1. The van der Waals surface area contributed by atoms with Crippen LogP contribution in [0.1, 0.15) is 30.9 Å². The molecule has 0 radical (unpaired) electrons. The summed E-state index contributed by atoms with van der Waals surface area (Å²) in [6.07, 6.45) is -3.35. The van der Waals surface area contributed by atoms with Gasteiger partial charge in [-0.05, 0) is 42.5 Å². The zero-order valence-corrected chi connectivity index (χ0v) is 15.6. The highest BCUT2D eigenvalue weighted by Crippen LogP contribution is 2.36. The smallest absolute Gasteiger partial charge is 0.416 e. The van der Waals surface area contributed by atoms with Gasteiger partial charge in [-0.25, -0.2) is 4.79 Å². The highest BCUT2D eigenvalue weighted by molar-refractivity contribution is 5.90. The summed E-state index contributed by atoms with van der Waals surface area (Å²) in [7, 11) is 0. The molecule has 2 aromatic rings. The fraction of sp³-hybridized carbons (Fsp3) is 0.381. The van der Waals surface area contributed by atoms with Crippen LogP contribution in [0.3, 0.4) is 0 Å². The zero-order chi connectivity index (χ0) is 20.1. The number of nitrogens with zero attached hydrogens (tertiary/aromatic N) is 1. The van der Waals surface area contributed by atoms with Crippen molar-refractivity contribution in [2.75, 3.05) is 23.3 Å². The fourth-order valence-corrected chi connectivity index (χ4v) is 3.21. The number of halogens is 3. The lowest BCUT2D eigenvalue weighted by Crippen LogP contribution is -2.33.